The van der Waals surface area contributed by atoms with Crippen molar-refractivity contribution in [3.63, 3.8) is 0 Å². The number of halogens is 1. The van der Waals surface area contributed by atoms with Gasteiger partial charge in [0.1, 0.15) is 4.90 Å². The minimum absolute atomic E-state index is 0.145. The zero-order valence-electron chi connectivity index (χ0n) is 14.4. The quantitative estimate of drug-likeness (QED) is 0.587. The molecule has 0 spiro atoms. The summed E-state index contributed by atoms with van der Waals surface area (Å²) in [6.07, 6.45) is 0.305. The number of carbonyl (C=O) groups excluding carboxylic acids is 1. The zero-order chi connectivity index (χ0) is 19.2. The summed E-state index contributed by atoms with van der Waals surface area (Å²) < 4.78 is 27.3. The van der Waals surface area contributed by atoms with E-state index < -0.39 is 9.84 Å². The number of amides is 1. The summed E-state index contributed by atoms with van der Waals surface area (Å²) in [5.74, 6) is -0.317. The molecular weight excluding hydrogens is 446 g/mol. The Labute approximate surface area is 170 Å². The monoisotopic (exact) mass is 461 g/mol. The first-order valence-electron chi connectivity index (χ1n) is 8.35. The Morgan fingerprint density at radius 2 is 1.89 bits per heavy atom. The highest BCUT2D eigenvalue weighted by atomic mass is 79.9. The maximum atomic E-state index is 13.2. The Balaban J connectivity index is 1.83. The van der Waals surface area contributed by atoms with Crippen LogP contribution in [0.25, 0.3) is 0 Å². The van der Waals surface area contributed by atoms with Crippen molar-refractivity contribution in [1.29, 1.82) is 0 Å². The lowest BCUT2D eigenvalue weighted by molar-refractivity contribution is -0.116. The largest absolute Gasteiger partial charge is 0.324 e. The molecule has 1 aliphatic heterocycles. The number of benzene rings is 2. The lowest BCUT2D eigenvalue weighted by Crippen LogP contribution is -2.23. The first-order chi connectivity index (χ1) is 12.9. The molecule has 138 valence electrons. The second-order valence-corrected chi connectivity index (χ2v) is 10.3. The van der Waals surface area contributed by atoms with Crippen LogP contribution in [0.5, 0.6) is 0 Å². The van der Waals surface area contributed by atoms with Gasteiger partial charge >= 0.3 is 0 Å². The molecule has 0 radical (unpaired) electrons. The van der Waals surface area contributed by atoms with Gasteiger partial charge in [-0.3, -0.25) is 4.79 Å². The molecule has 1 N–H and O–H groups in total. The fourth-order valence-electron chi connectivity index (χ4n) is 3.28. The van der Waals surface area contributed by atoms with Crippen LogP contribution in [0.2, 0.25) is 0 Å². The lowest BCUT2D eigenvalue weighted by Gasteiger charge is -2.23. The molecule has 2 heterocycles. The van der Waals surface area contributed by atoms with Crippen molar-refractivity contribution in [1.82, 2.24) is 0 Å². The number of carbonyl (C=O) groups is 1. The van der Waals surface area contributed by atoms with Gasteiger partial charge in [-0.1, -0.05) is 40.2 Å². The van der Waals surface area contributed by atoms with E-state index in [1.54, 1.807) is 23.6 Å². The summed E-state index contributed by atoms with van der Waals surface area (Å²) in [6, 6.07) is 14.6. The van der Waals surface area contributed by atoms with Crippen molar-refractivity contribution in [3.05, 3.63) is 74.4 Å². The Morgan fingerprint density at radius 3 is 2.59 bits per heavy atom. The average Bonchev–Trinajstić information content (AvgIpc) is 3.06. The van der Waals surface area contributed by atoms with Gasteiger partial charge in [0.05, 0.1) is 10.6 Å². The Bertz CT molecular complexity index is 1130. The SMILES string of the molecule is Cc1cccc(S(=O)(=O)c2csc3c2NC(=O)C[C@H]3c2ccc(Br)cc2)c1. The van der Waals surface area contributed by atoms with Crippen LogP contribution in [-0.2, 0) is 14.6 Å². The molecule has 1 aliphatic rings. The van der Waals surface area contributed by atoms with Crippen LogP contribution in [0.3, 0.4) is 0 Å². The molecule has 1 aromatic heterocycles. The molecule has 3 aromatic rings. The summed E-state index contributed by atoms with van der Waals surface area (Å²) in [7, 11) is -3.71. The van der Waals surface area contributed by atoms with Crippen LogP contribution in [0, 0.1) is 6.92 Å². The van der Waals surface area contributed by atoms with Crippen LogP contribution in [-0.4, -0.2) is 14.3 Å². The highest BCUT2D eigenvalue weighted by Gasteiger charge is 2.34. The highest BCUT2D eigenvalue weighted by Crippen LogP contribution is 2.45. The summed E-state index contributed by atoms with van der Waals surface area (Å²) in [6.45, 7) is 1.85. The Kier molecular flexibility index (Phi) is 4.70. The molecule has 0 saturated carbocycles. The van der Waals surface area contributed by atoms with E-state index in [9.17, 15) is 13.2 Å². The fourth-order valence-corrected chi connectivity index (χ4v) is 6.55. The van der Waals surface area contributed by atoms with Gasteiger partial charge in [-0.15, -0.1) is 11.3 Å². The summed E-state index contributed by atoms with van der Waals surface area (Å²) in [5, 5.41) is 4.43. The number of aryl methyl sites for hydroxylation is 1. The predicted octanol–water partition coefficient (Wildman–Crippen LogP) is 5.13. The van der Waals surface area contributed by atoms with Gasteiger partial charge in [-0.2, -0.15) is 0 Å². The smallest absolute Gasteiger partial charge is 0.225 e. The molecule has 0 aliphatic carbocycles. The third kappa shape index (κ3) is 3.35. The zero-order valence-corrected chi connectivity index (χ0v) is 17.6. The predicted molar refractivity (Wildman–Crippen MR) is 110 cm³/mol. The minimum Gasteiger partial charge on any atom is -0.324 e. The van der Waals surface area contributed by atoms with E-state index in [-0.39, 0.29) is 21.6 Å². The van der Waals surface area contributed by atoms with Crippen LogP contribution in [0.1, 0.15) is 28.3 Å². The molecule has 0 unspecified atom stereocenters. The molecule has 0 bridgehead atoms. The topological polar surface area (TPSA) is 63.2 Å². The van der Waals surface area contributed by atoms with E-state index in [0.29, 0.717) is 12.1 Å². The maximum Gasteiger partial charge on any atom is 0.225 e. The maximum absolute atomic E-state index is 13.2. The lowest BCUT2D eigenvalue weighted by atomic mass is 9.91. The van der Waals surface area contributed by atoms with Gasteiger partial charge in [0.15, 0.2) is 0 Å². The van der Waals surface area contributed by atoms with Gasteiger partial charge in [-0.25, -0.2) is 8.42 Å². The summed E-state index contributed by atoms with van der Waals surface area (Å²) >= 11 is 4.80. The molecule has 4 nitrogen and oxygen atoms in total. The van der Waals surface area contributed by atoms with Crippen molar-refractivity contribution in [3.8, 4) is 0 Å². The van der Waals surface area contributed by atoms with E-state index >= 15 is 0 Å². The average molecular weight is 462 g/mol. The van der Waals surface area contributed by atoms with Crippen LogP contribution >= 0.6 is 27.3 Å². The third-order valence-electron chi connectivity index (χ3n) is 4.62. The van der Waals surface area contributed by atoms with Crippen LogP contribution in [0.15, 0.2) is 68.2 Å². The molecule has 2 aromatic carbocycles. The van der Waals surface area contributed by atoms with E-state index in [2.05, 4.69) is 21.2 Å². The molecule has 0 fully saturated rings. The molecule has 4 rings (SSSR count). The van der Waals surface area contributed by atoms with Crippen molar-refractivity contribution in [2.75, 3.05) is 5.32 Å². The number of fused-ring (bicyclic) bond motifs is 1. The first kappa shape index (κ1) is 18.4. The standard InChI is InChI=1S/C20H16BrNO3S2/c1-12-3-2-4-15(9-12)27(24,25)17-11-26-20-16(10-18(23)22-19(17)20)13-5-7-14(21)8-6-13/h2-9,11,16H,10H2,1H3,(H,22,23)/t16-/m0/s1. The van der Waals surface area contributed by atoms with Crippen LogP contribution in [0.4, 0.5) is 5.69 Å². The molecule has 1 amide bonds. The second kappa shape index (κ2) is 6.89. The Hall–Kier alpha value is -1.96. The molecule has 7 heteroatoms. The van der Waals surface area contributed by atoms with Gasteiger partial charge in [-0.05, 0) is 42.3 Å². The summed E-state index contributed by atoms with van der Waals surface area (Å²) in [4.78, 5) is 13.6. The van der Waals surface area contributed by atoms with Gasteiger partial charge < -0.3 is 5.32 Å². The number of anilines is 1. The fraction of sp³-hybridized carbons (Fsp3) is 0.150. The number of nitrogens with one attached hydrogen (secondary N) is 1. The first-order valence-corrected chi connectivity index (χ1v) is 11.5. The summed E-state index contributed by atoms with van der Waals surface area (Å²) in [5.41, 5.74) is 2.29. The van der Waals surface area contributed by atoms with E-state index in [4.69, 9.17) is 0 Å². The molecule has 0 saturated heterocycles. The number of thiophene rings is 1. The van der Waals surface area contributed by atoms with E-state index in [1.165, 1.54) is 11.3 Å². The molecule has 1 atom stereocenters. The third-order valence-corrected chi connectivity index (χ3v) is 8.17. The van der Waals surface area contributed by atoms with Crippen molar-refractivity contribution in [2.45, 2.75) is 29.1 Å². The number of rotatable bonds is 3. The van der Waals surface area contributed by atoms with Crippen LogP contribution < -0.4 is 5.32 Å². The van der Waals surface area contributed by atoms with E-state index in [0.717, 1.165) is 20.5 Å². The number of sulfone groups is 1. The number of hydrogen-bond donors (Lipinski definition) is 1. The van der Waals surface area contributed by atoms with Gasteiger partial charge in [0.2, 0.25) is 15.7 Å². The van der Waals surface area contributed by atoms with E-state index in [1.807, 2.05) is 37.3 Å². The minimum atomic E-state index is -3.71. The van der Waals surface area contributed by atoms with Crippen molar-refractivity contribution in [2.24, 2.45) is 0 Å². The highest BCUT2D eigenvalue weighted by molar-refractivity contribution is 9.10. The molecule has 27 heavy (non-hydrogen) atoms. The normalized spacial score (nSPS) is 16.7. The molecular formula is C20H16BrNO3S2. The van der Waals surface area contributed by atoms with Gasteiger partial charge in [0, 0.05) is 27.1 Å². The number of hydrogen-bond acceptors (Lipinski definition) is 4. The van der Waals surface area contributed by atoms with Crippen molar-refractivity contribution < 1.29 is 13.2 Å². The van der Waals surface area contributed by atoms with Crippen molar-refractivity contribution >= 4 is 48.7 Å². The van der Waals surface area contributed by atoms with Gasteiger partial charge in [0.25, 0.3) is 0 Å². The second-order valence-electron chi connectivity index (χ2n) is 6.52. The Morgan fingerprint density at radius 1 is 1.15 bits per heavy atom.